The Morgan fingerprint density at radius 2 is 1.85 bits per heavy atom. The molecule has 0 saturated heterocycles. The van der Waals surface area contributed by atoms with Crippen LogP contribution in [-0.2, 0) is 0 Å². The van der Waals surface area contributed by atoms with Gasteiger partial charge < -0.3 is 14.6 Å². The van der Waals surface area contributed by atoms with Crippen molar-refractivity contribution in [2.45, 2.75) is 45.4 Å². The lowest BCUT2D eigenvalue weighted by atomic mass is 10.1. The molecule has 1 aromatic rings. The standard InChI is InChI=1S/C16H24O4/c1-3-4-5-6-7-8-11-20-15-10-9-13(19-2)12-14(15)16(17)18/h9-10,12H,3-8,11H2,1-2H3,(H,17,18). The summed E-state index contributed by atoms with van der Waals surface area (Å²) in [5, 5.41) is 9.15. The molecule has 0 fully saturated rings. The molecule has 0 unspecified atom stereocenters. The van der Waals surface area contributed by atoms with Gasteiger partial charge in [-0.3, -0.25) is 0 Å². The van der Waals surface area contributed by atoms with Crippen molar-refractivity contribution in [3.63, 3.8) is 0 Å². The van der Waals surface area contributed by atoms with Gasteiger partial charge in [0.05, 0.1) is 13.7 Å². The molecule has 0 amide bonds. The van der Waals surface area contributed by atoms with Gasteiger partial charge in [-0.25, -0.2) is 4.79 Å². The van der Waals surface area contributed by atoms with Gasteiger partial charge in [-0.1, -0.05) is 39.0 Å². The lowest BCUT2D eigenvalue weighted by Gasteiger charge is -2.10. The molecule has 0 saturated carbocycles. The van der Waals surface area contributed by atoms with Crippen molar-refractivity contribution in [2.75, 3.05) is 13.7 Å². The Bertz CT molecular complexity index is 415. The van der Waals surface area contributed by atoms with Crippen LogP contribution in [0.1, 0.15) is 55.8 Å². The summed E-state index contributed by atoms with van der Waals surface area (Å²) in [5.74, 6) is -0.0666. The van der Waals surface area contributed by atoms with Gasteiger partial charge in [0.15, 0.2) is 0 Å². The maximum Gasteiger partial charge on any atom is 0.339 e. The number of benzene rings is 1. The first-order valence-corrected chi connectivity index (χ1v) is 7.23. The highest BCUT2D eigenvalue weighted by atomic mass is 16.5. The van der Waals surface area contributed by atoms with E-state index < -0.39 is 5.97 Å². The quantitative estimate of drug-likeness (QED) is 0.655. The zero-order chi connectivity index (χ0) is 14.8. The third-order valence-corrected chi connectivity index (χ3v) is 3.17. The third kappa shape index (κ3) is 5.51. The number of hydrogen-bond acceptors (Lipinski definition) is 3. The molecule has 0 aromatic heterocycles. The molecule has 4 nitrogen and oxygen atoms in total. The zero-order valence-corrected chi connectivity index (χ0v) is 12.4. The Labute approximate surface area is 120 Å². The van der Waals surface area contributed by atoms with Crippen molar-refractivity contribution in [3.8, 4) is 11.5 Å². The molecule has 1 rings (SSSR count). The van der Waals surface area contributed by atoms with Crippen LogP contribution in [0.4, 0.5) is 0 Å². The van der Waals surface area contributed by atoms with Gasteiger partial charge in [0.25, 0.3) is 0 Å². The number of ether oxygens (including phenoxy) is 2. The average Bonchev–Trinajstić information content (AvgIpc) is 2.46. The molecule has 0 spiro atoms. The van der Waals surface area contributed by atoms with E-state index in [0.29, 0.717) is 18.1 Å². The fourth-order valence-corrected chi connectivity index (χ4v) is 1.99. The van der Waals surface area contributed by atoms with Crippen molar-refractivity contribution >= 4 is 5.97 Å². The van der Waals surface area contributed by atoms with Gasteiger partial charge in [0.1, 0.15) is 17.1 Å². The van der Waals surface area contributed by atoms with Crippen molar-refractivity contribution in [1.82, 2.24) is 0 Å². The minimum Gasteiger partial charge on any atom is -0.497 e. The van der Waals surface area contributed by atoms with Crippen LogP contribution in [0.15, 0.2) is 18.2 Å². The predicted octanol–water partition coefficient (Wildman–Crippen LogP) is 4.13. The number of carboxylic acids is 1. The summed E-state index contributed by atoms with van der Waals surface area (Å²) in [7, 11) is 1.51. The molecular formula is C16H24O4. The Morgan fingerprint density at radius 1 is 1.15 bits per heavy atom. The van der Waals surface area contributed by atoms with E-state index in [0.717, 1.165) is 12.8 Å². The maximum atomic E-state index is 11.2. The van der Waals surface area contributed by atoms with Gasteiger partial charge in [-0.2, -0.15) is 0 Å². The highest BCUT2D eigenvalue weighted by molar-refractivity contribution is 5.91. The number of unbranched alkanes of at least 4 members (excludes halogenated alkanes) is 5. The number of carboxylic acid groups (broad SMARTS) is 1. The van der Waals surface area contributed by atoms with Crippen molar-refractivity contribution < 1.29 is 19.4 Å². The Kier molecular flexibility index (Phi) is 7.55. The van der Waals surface area contributed by atoms with E-state index in [9.17, 15) is 4.79 Å². The van der Waals surface area contributed by atoms with E-state index in [1.807, 2.05) is 0 Å². The van der Waals surface area contributed by atoms with Crippen LogP contribution in [0.2, 0.25) is 0 Å². The fourth-order valence-electron chi connectivity index (χ4n) is 1.99. The number of carbonyl (C=O) groups is 1. The summed E-state index contributed by atoms with van der Waals surface area (Å²) >= 11 is 0. The van der Waals surface area contributed by atoms with Crippen LogP contribution in [-0.4, -0.2) is 24.8 Å². The summed E-state index contributed by atoms with van der Waals surface area (Å²) in [5.41, 5.74) is 0.148. The van der Waals surface area contributed by atoms with Crippen molar-refractivity contribution in [2.24, 2.45) is 0 Å². The van der Waals surface area contributed by atoms with E-state index in [1.54, 1.807) is 12.1 Å². The summed E-state index contributed by atoms with van der Waals surface area (Å²) in [4.78, 5) is 11.2. The normalized spacial score (nSPS) is 10.3. The molecule has 0 bridgehead atoms. The highest BCUT2D eigenvalue weighted by Crippen LogP contribution is 2.24. The SMILES string of the molecule is CCCCCCCCOc1ccc(OC)cc1C(=O)O. The fraction of sp³-hybridized carbons (Fsp3) is 0.562. The highest BCUT2D eigenvalue weighted by Gasteiger charge is 2.12. The molecule has 0 aliphatic carbocycles. The lowest BCUT2D eigenvalue weighted by molar-refractivity contribution is 0.0691. The molecule has 1 N–H and O–H groups in total. The summed E-state index contributed by atoms with van der Waals surface area (Å²) < 4.78 is 10.6. The van der Waals surface area contributed by atoms with Gasteiger partial charge in [-0.05, 0) is 24.6 Å². The molecule has 0 heterocycles. The smallest absolute Gasteiger partial charge is 0.339 e. The van der Waals surface area contributed by atoms with Crippen LogP contribution in [0.3, 0.4) is 0 Å². The van der Waals surface area contributed by atoms with Gasteiger partial charge in [0, 0.05) is 0 Å². The number of aromatic carboxylic acids is 1. The van der Waals surface area contributed by atoms with E-state index in [-0.39, 0.29) is 5.56 Å². The van der Waals surface area contributed by atoms with Crippen molar-refractivity contribution in [3.05, 3.63) is 23.8 Å². The van der Waals surface area contributed by atoms with Gasteiger partial charge in [-0.15, -0.1) is 0 Å². The maximum absolute atomic E-state index is 11.2. The minimum atomic E-state index is -0.998. The van der Waals surface area contributed by atoms with Crippen LogP contribution >= 0.6 is 0 Å². The minimum absolute atomic E-state index is 0.148. The van der Waals surface area contributed by atoms with Crippen LogP contribution in [0.5, 0.6) is 11.5 Å². The molecule has 4 heteroatoms. The zero-order valence-electron chi connectivity index (χ0n) is 12.4. The van der Waals surface area contributed by atoms with Crippen molar-refractivity contribution in [1.29, 1.82) is 0 Å². The Balaban J connectivity index is 2.41. The molecular weight excluding hydrogens is 256 g/mol. The first-order chi connectivity index (χ1) is 9.69. The summed E-state index contributed by atoms with van der Waals surface area (Å²) in [6.45, 7) is 2.75. The number of hydrogen-bond donors (Lipinski definition) is 1. The topological polar surface area (TPSA) is 55.8 Å². The summed E-state index contributed by atoms with van der Waals surface area (Å²) in [6.07, 6.45) is 7.07. The molecule has 0 radical (unpaired) electrons. The van der Waals surface area contributed by atoms with E-state index in [4.69, 9.17) is 14.6 Å². The second-order valence-corrected chi connectivity index (χ2v) is 4.78. The largest absolute Gasteiger partial charge is 0.497 e. The molecule has 0 atom stereocenters. The molecule has 20 heavy (non-hydrogen) atoms. The first kappa shape index (κ1) is 16.3. The Morgan fingerprint density at radius 3 is 2.50 bits per heavy atom. The van der Waals surface area contributed by atoms with Crippen LogP contribution < -0.4 is 9.47 Å². The second kappa shape index (κ2) is 9.23. The predicted molar refractivity (Wildman–Crippen MR) is 78.8 cm³/mol. The van der Waals surface area contributed by atoms with Gasteiger partial charge in [0.2, 0.25) is 0 Å². The molecule has 1 aromatic carbocycles. The van der Waals surface area contributed by atoms with Crippen LogP contribution in [0, 0.1) is 0 Å². The third-order valence-electron chi connectivity index (χ3n) is 3.17. The summed E-state index contributed by atoms with van der Waals surface area (Å²) in [6, 6.07) is 4.85. The first-order valence-electron chi connectivity index (χ1n) is 7.23. The Hall–Kier alpha value is -1.71. The lowest BCUT2D eigenvalue weighted by Crippen LogP contribution is -2.05. The number of methoxy groups -OCH3 is 1. The van der Waals surface area contributed by atoms with Crippen LogP contribution in [0.25, 0.3) is 0 Å². The van der Waals surface area contributed by atoms with E-state index >= 15 is 0 Å². The molecule has 0 aliphatic heterocycles. The van der Waals surface area contributed by atoms with E-state index in [1.165, 1.54) is 38.9 Å². The van der Waals surface area contributed by atoms with Gasteiger partial charge >= 0.3 is 5.97 Å². The molecule has 112 valence electrons. The molecule has 0 aliphatic rings. The number of rotatable bonds is 10. The second-order valence-electron chi connectivity index (χ2n) is 4.78. The average molecular weight is 280 g/mol. The van der Waals surface area contributed by atoms with E-state index in [2.05, 4.69) is 6.92 Å². The monoisotopic (exact) mass is 280 g/mol.